The van der Waals surface area contributed by atoms with Crippen molar-refractivity contribution in [1.82, 2.24) is 10.5 Å². The van der Waals surface area contributed by atoms with E-state index in [4.69, 9.17) is 10.9 Å². The molecule has 0 aromatic carbocycles. The van der Waals surface area contributed by atoms with Crippen molar-refractivity contribution in [2.24, 2.45) is 11.3 Å². The van der Waals surface area contributed by atoms with Crippen molar-refractivity contribution < 1.29 is 5.11 Å². The normalized spacial score (nSPS) is 34.1. The summed E-state index contributed by atoms with van der Waals surface area (Å²) in [6, 6.07) is 0. The third kappa shape index (κ3) is 2.13. The van der Waals surface area contributed by atoms with Crippen LogP contribution < -0.4 is 11.4 Å². The van der Waals surface area contributed by atoms with Gasteiger partial charge in [-0.05, 0) is 12.8 Å². The number of aliphatic hydroxyl groups is 1. The summed E-state index contributed by atoms with van der Waals surface area (Å²) in [6.07, 6.45) is 2.18. The molecule has 1 aliphatic heterocycles. The lowest BCUT2D eigenvalue weighted by atomic mass is 9.83. The number of nitrogens with one attached hydrogen (secondary N) is 1. The highest BCUT2D eigenvalue weighted by Gasteiger charge is 2.29. The molecule has 0 amide bonds. The smallest absolute Gasteiger partial charge is 0.0497 e. The number of aliphatic hydroxyl groups excluding tert-OH is 1. The molecule has 0 spiro atoms. The molecule has 1 rings (SSSR count). The van der Waals surface area contributed by atoms with Crippen LogP contribution in [0.25, 0.3) is 0 Å². The molecule has 0 aliphatic carbocycles. The molecule has 1 atom stereocenters. The average molecular weight is 159 g/mol. The molecule has 1 saturated heterocycles. The summed E-state index contributed by atoms with van der Waals surface area (Å²) in [5, 5.41) is 11.0. The Balaban J connectivity index is 2.44. The van der Waals surface area contributed by atoms with Crippen LogP contribution in [0.4, 0.5) is 0 Å². The van der Waals surface area contributed by atoms with Gasteiger partial charge in [0.1, 0.15) is 0 Å². The lowest BCUT2D eigenvalue weighted by molar-refractivity contribution is 0.0198. The first kappa shape index (κ1) is 8.93. The van der Waals surface area contributed by atoms with Crippen molar-refractivity contribution >= 4 is 0 Å². The van der Waals surface area contributed by atoms with Gasteiger partial charge in [0.15, 0.2) is 0 Å². The van der Waals surface area contributed by atoms with Gasteiger partial charge in [-0.15, -0.1) is 0 Å². The molecule has 1 unspecified atom stereocenters. The number of hydrazine groups is 2. The van der Waals surface area contributed by atoms with E-state index >= 15 is 0 Å². The summed E-state index contributed by atoms with van der Waals surface area (Å²) in [6.45, 7) is 4.13. The fraction of sp³-hybridized carbons (Fsp3) is 1.00. The molecule has 0 saturated carbocycles. The molecule has 11 heavy (non-hydrogen) atoms. The van der Waals surface area contributed by atoms with E-state index in [1.807, 2.05) is 5.01 Å². The predicted molar refractivity (Wildman–Crippen MR) is 43.3 cm³/mol. The van der Waals surface area contributed by atoms with Crippen molar-refractivity contribution in [3.8, 4) is 0 Å². The molecule has 1 aliphatic rings. The Morgan fingerprint density at radius 1 is 1.73 bits per heavy atom. The lowest BCUT2D eigenvalue weighted by Crippen LogP contribution is -2.52. The van der Waals surface area contributed by atoms with E-state index in [-0.39, 0.29) is 12.0 Å². The molecule has 0 aromatic rings. The maximum Gasteiger partial charge on any atom is 0.0497 e. The average Bonchev–Trinajstić information content (AvgIpc) is 2.05. The highest BCUT2D eigenvalue weighted by molar-refractivity contribution is 4.80. The van der Waals surface area contributed by atoms with Crippen LogP contribution in [-0.2, 0) is 0 Å². The maximum atomic E-state index is 9.07. The minimum absolute atomic E-state index is 0.0324. The summed E-state index contributed by atoms with van der Waals surface area (Å²) < 4.78 is 0. The molecule has 4 heteroatoms. The Bertz CT molecular complexity index is 131. The summed E-state index contributed by atoms with van der Waals surface area (Å²) in [4.78, 5) is 0. The lowest BCUT2D eigenvalue weighted by Gasteiger charge is -2.38. The first-order valence-electron chi connectivity index (χ1n) is 4.02. The van der Waals surface area contributed by atoms with Gasteiger partial charge < -0.3 is 5.11 Å². The second kappa shape index (κ2) is 3.49. The second-order valence-electron chi connectivity index (χ2n) is 3.62. The Morgan fingerprint density at radius 3 is 3.00 bits per heavy atom. The fourth-order valence-electron chi connectivity index (χ4n) is 1.55. The minimum Gasteiger partial charge on any atom is -0.396 e. The summed E-state index contributed by atoms with van der Waals surface area (Å²) in [5.74, 6) is 5.27. The quantitative estimate of drug-likeness (QED) is 0.374. The van der Waals surface area contributed by atoms with Crippen LogP contribution in [0, 0.1) is 5.41 Å². The van der Waals surface area contributed by atoms with Crippen LogP contribution in [0.1, 0.15) is 19.8 Å². The molecular formula is C7H17N3O. The van der Waals surface area contributed by atoms with Crippen LogP contribution in [0.2, 0.25) is 0 Å². The van der Waals surface area contributed by atoms with Crippen LogP contribution >= 0.6 is 0 Å². The Kier molecular flexibility index (Phi) is 2.84. The number of nitrogens with two attached hydrogens (primary N) is 1. The zero-order valence-electron chi connectivity index (χ0n) is 7.01. The van der Waals surface area contributed by atoms with E-state index in [0.29, 0.717) is 0 Å². The molecule has 4 N–H and O–H groups in total. The van der Waals surface area contributed by atoms with Gasteiger partial charge in [0.25, 0.3) is 0 Å². The zero-order valence-corrected chi connectivity index (χ0v) is 7.01. The standard InChI is InChI=1S/C7H17N3O/c1-7(6-11)3-2-4-10(5-7)9-8/h9,11H,2-6,8H2,1H3. The van der Waals surface area contributed by atoms with Crippen LogP contribution in [0.5, 0.6) is 0 Å². The van der Waals surface area contributed by atoms with Gasteiger partial charge in [0, 0.05) is 25.1 Å². The third-order valence-electron chi connectivity index (χ3n) is 2.35. The van der Waals surface area contributed by atoms with Crippen LogP contribution in [0.3, 0.4) is 0 Å². The first-order valence-corrected chi connectivity index (χ1v) is 4.02. The van der Waals surface area contributed by atoms with Gasteiger partial charge >= 0.3 is 0 Å². The van der Waals surface area contributed by atoms with Crippen molar-refractivity contribution in [3.63, 3.8) is 0 Å². The van der Waals surface area contributed by atoms with E-state index in [1.54, 1.807) is 0 Å². The van der Waals surface area contributed by atoms with Gasteiger partial charge in [-0.1, -0.05) is 6.92 Å². The fourth-order valence-corrected chi connectivity index (χ4v) is 1.55. The van der Waals surface area contributed by atoms with E-state index < -0.39 is 0 Å². The number of piperidine rings is 1. The summed E-state index contributed by atoms with van der Waals surface area (Å²) >= 11 is 0. The molecule has 1 heterocycles. The van der Waals surface area contributed by atoms with Gasteiger partial charge in [0.05, 0.1) is 0 Å². The van der Waals surface area contributed by atoms with E-state index in [1.165, 1.54) is 0 Å². The van der Waals surface area contributed by atoms with Crippen molar-refractivity contribution in [1.29, 1.82) is 0 Å². The van der Waals surface area contributed by atoms with Gasteiger partial charge in [-0.3, -0.25) is 5.84 Å². The molecular weight excluding hydrogens is 142 g/mol. The topological polar surface area (TPSA) is 61.5 Å². The predicted octanol–water partition coefficient (Wildman–Crippen LogP) is -0.541. The molecule has 0 bridgehead atoms. The van der Waals surface area contributed by atoms with Crippen LogP contribution in [-0.4, -0.2) is 29.8 Å². The van der Waals surface area contributed by atoms with Crippen molar-refractivity contribution in [2.45, 2.75) is 19.8 Å². The van der Waals surface area contributed by atoms with Crippen molar-refractivity contribution in [3.05, 3.63) is 0 Å². The van der Waals surface area contributed by atoms with Crippen LogP contribution in [0.15, 0.2) is 0 Å². The Morgan fingerprint density at radius 2 is 2.45 bits per heavy atom. The first-order chi connectivity index (χ1) is 5.20. The van der Waals surface area contributed by atoms with E-state index in [0.717, 1.165) is 25.9 Å². The number of hydrogen-bond acceptors (Lipinski definition) is 4. The van der Waals surface area contributed by atoms with Gasteiger partial charge in [-0.2, -0.15) is 5.53 Å². The largest absolute Gasteiger partial charge is 0.396 e. The molecule has 0 aromatic heterocycles. The monoisotopic (exact) mass is 159 g/mol. The summed E-state index contributed by atoms with van der Waals surface area (Å²) in [7, 11) is 0. The minimum atomic E-state index is 0.0324. The molecule has 4 nitrogen and oxygen atoms in total. The molecule has 0 radical (unpaired) electrons. The Hall–Kier alpha value is -0.160. The zero-order chi connectivity index (χ0) is 8.32. The highest BCUT2D eigenvalue weighted by atomic mass is 16.3. The maximum absolute atomic E-state index is 9.07. The highest BCUT2D eigenvalue weighted by Crippen LogP contribution is 2.27. The number of nitrogens with zero attached hydrogens (tertiary/aromatic N) is 1. The molecule has 1 fully saturated rings. The van der Waals surface area contributed by atoms with E-state index in [2.05, 4.69) is 12.5 Å². The SMILES string of the molecule is CC1(CO)CCCN(NN)C1. The van der Waals surface area contributed by atoms with E-state index in [9.17, 15) is 0 Å². The third-order valence-corrected chi connectivity index (χ3v) is 2.35. The van der Waals surface area contributed by atoms with Crippen molar-refractivity contribution in [2.75, 3.05) is 19.7 Å². The number of rotatable bonds is 2. The van der Waals surface area contributed by atoms with Gasteiger partial charge in [0.2, 0.25) is 0 Å². The van der Waals surface area contributed by atoms with Gasteiger partial charge in [-0.25, -0.2) is 5.01 Å². The number of hydrogen-bond donors (Lipinski definition) is 3. The Labute approximate surface area is 67.3 Å². The summed E-state index contributed by atoms with van der Waals surface area (Å²) in [5.41, 5.74) is 2.65. The molecule has 66 valence electrons. The second-order valence-corrected chi connectivity index (χ2v) is 3.62.